The highest BCUT2D eigenvalue weighted by Gasteiger charge is 2.27. The second-order valence-electron chi connectivity index (χ2n) is 6.45. The van der Waals surface area contributed by atoms with Gasteiger partial charge in [0.25, 0.3) is 0 Å². The summed E-state index contributed by atoms with van der Waals surface area (Å²) >= 11 is 0. The van der Waals surface area contributed by atoms with Gasteiger partial charge in [0.2, 0.25) is 5.91 Å². The molecule has 21 heavy (non-hydrogen) atoms. The Labute approximate surface area is 135 Å². The monoisotopic (exact) mass is 340 g/mol. The second-order valence-corrected chi connectivity index (χ2v) is 8.71. The Morgan fingerprint density at radius 2 is 2.00 bits per heavy atom. The standard InChI is InChI=1S/C14H28N2O3S.ClH/c1-11(2)9-12-5-4-7-16(10-12)14(17)13(15)6-8-20(3,18)19;/h11-13H,4-10,15H2,1-3H3;1H. The lowest BCUT2D eigenvalue weighted by Crippen LogP contribution is -2.48. The second kappa shape index (κ2) is 8.96. The lowest BCUT2D eigenvalue weighted by Gasteiger charge is -2.35. The fraction of sp³-hybridized carbons (Fsp3) is 0.929. The molecule has 0 aliphatic carbocycles. The van der Waals surface area contributed by atoms with Crippen LogP contribution in [0.1, 0.15) is 39.5 Å². The van der Waals surface area contributed by atoms with E-state index in [0.29, 0.717) is 11.8 Å². The highest BCUT2D eigenvalue weighted by atomic mass is 35.5. The van der Waals surface area contributed by atoms with Crippen molar-refractivity contribution in [1.29, 1.82) is 0 Å². The van der Waals surface area contributed by atoms with E-state index in [1.54, 1.807) is 0 Å². The van der Waals surface area contributed by atoms with E-state index >= 15 is 0 Å². The number of carbonyl (C=O) groups excluding carboxylic acids is 1. The summed E-state index contributed by atoms with van der Waals surface area (Å²) in [5, 5.41) is 0. The Morgan fingerprint density at radius 3 is 2.52 bits per heavy atom. The predicted octanol–water partition coefficient (Wildman–Crippen LogP) is 1.45. The Balaban J connectivity index is 0.00000400. The van der Waals surface area contributed by atoms with Crippen molar-refractivity contribution in [2.24, 2.45) is 17.6 Å². The average molecular weight is 341 g/mol. The predicted molar refractivity (Wildman–Crippen MR) is 88.3 cm³/mol. The maximum Gasteiger partial charge on any atom is 0.239 e. The molecule has 1 fully saturated rings. The molecule has 1 rings (SSSR count). The van der Waals surface area contributed by atoms with Crippen LogP contribution in [0.15, 0.2) is 0 Å². The van der Waals surface area contributed by atoms with Crippen LogP contribution >= 0.6 is 12.4 Å². The summed E-state index contributed by atoms with van der Waals surface area (Å²) in [6.07, 6.45) is 4.69. The molecule has 5 nitrogen and oxygen atoms in total. The van der Waals surface area contributed by atoms with Crippen LogP contribution in [-0.2, 0) is 14.6 Å². The molecule has 1 aliphatic rings. The summed E-state index contributed by atoms with van der Waals surface area (Å²) < 4.78 is 22.3. The van der Waals surface area contributed by atoms with Crippen molar-refractivity contribution >= 4 is 28.2 Å². The molecule has 1 aliphatic heterocycles. The quantitative estimate of drug-likeness (QED) is 0.793. The minimum absolute atomic E-state index is 0. The van der Waals surface area contributed by atoms with Crippen LogP contribution in [0.5, 0.6) is 0 Å². The molecule has 2 atom stereocenters. The van der Waals surface area contributed by atoms with Crippen molar-refractivity contribution in [2.45, 2.75) is 45.6 Å². The maximum absolute atomic E-state index is 12.3. The van der Waals surface area contributed by atoms with Gasteiger partial charge in [-0.25, -0.2) is 8.42 Å². The average Bonchev–Trinajstić information content (AvgIpc) is 2.33. The van der Waals surface area contributed by atoms with Gasteiger partial charge in [0, 0.05) is 19.3 Å². The first-order chi connectivity index (χ1) is 9.19. The number of amides is 1. The molecule has 0 aromatic carbocycles. The molecule has 2 unspecified atom stereocenters. The third-order valence-electron chi connectivity index (χ3n) is 3.75. The Hall–Kier alpha value is -0.330. The van der Waals surface area contributed by atoms with E-state index in [2.05, 4.69) is 13.8 Å². The van der Waals surface area contributed by atoms with Gasteiger partial charge in [-0.1, -0.05) is 13.8 Å². The van der Waals surface area contributed by atoms with Crippen molar-refractivity contribution in [3.63, 3.8) is 0 Å². The summed E-state index contributed by atoms with van der Waals surface area (Å²) in [6.45, 7) is 5.90. The van der Waals surface area contributed by atoms with Gasteiger partial charge in [0.1, 0.15) is 9.84 Å². The molecule has 1 heterocycles. The number of hydrogen-bond donors (Lipinski definition) is 1. The first kappa shape index (κ1) is 20.7. The molecule has 0 radical (unpaired) electrons. The number of nitrogens with two attached hydrogens (primary N) is 1. The van der Waals surface area contributed by atoms with Gasteiger partial charge in [-0.2, -0.15) is 0 Å². The van der Waals surface area contributed by atoms with Crippen molar-refractivity contribution in [2.75, 3.05) is 25.1 Å². The summed E-state index contributed by atoms with van der Waals surface area (Å²) in [7, 11) is -3.06. The largest absolute Gasteiger partial charge is 0.341 e. The fourth-order valence-electron chi connectivity index (χ4n) is 2.82. The van der Waals surface area contributed by atoms with Crippen LogP contribution in [0.4, 0.5) is 0 Å². The van der Waals surface area contributed by atoms with Crippen molar-refractivity contribution < 1.29 is 13.2 Å². The zero-order chi connectivity index (χ0) is 15.3. The van der Waals surface area contributed by atoms with Gasteiger partial charge in [-0.15, -0.1) is 12.4 Å². The summed E-state index contributed by atoms with van der Waals surface area (Å²) in [4.78, 5) is 14.1. The number of piperidine rings is 1. The number of sulfone groups is 1. The van der Waals surface area contributed by atoms with Gasteiger partial charge < -0.3 is 10.6 Å². The van der Waals surface area contributed by atoms with Crippen molar-refractivity contribution in [3.8, 4) is 0 Å². The van der Waals surface area contributed by atoms with Gasteiger partial charge >= 0.3 is 0 Å². The Kier molecular flexibility index (Phi) is 8.81. The van der Waals surface area contributed by atoms with E-state index in [4.69, 9.17) is 5.73 Å². The number of rotatable bonds is 6. The van der Waals surface area contributed by atoms with Crippen LogP contribution in [0.25, 0.3) is 0 Å². The first-order valence-electron chi connectivity index (χ1n) is 7.41. The fourth-order valence-corrected chi connectivity index (χ4v) is 3.51. The highest BCUT2D eigenvalue weighted by Crippen LogP contribution is 2.23. The molecule has 7 heteroatoms. The number of halogens is 1. The molecule has 126 valence electrons. The van der Waals surface area contributed by atoms with Crippen LogP contribution in [0.3, 0.4) is 0 Å². The first-order valence-corrected chi connectivity index (χ1v) is 9.47. The van der Waals surface area contributed by atoms with E-state index < -0.39 is 15.9 Å². The molecule has 1 amide bonds. The Bertz CT molecular complexity index is 426. The van der Waals surface area contributed by atoms with E-state index in [-0.39, 0.29) is 30.5 Å². The molecule has 2 N–H and O–H groups in total. The Morgan fingerprint density at radius 1 is 1.38 bits per heavy atom. The zero-order valence-electron chi connectivity index (χ0n) is 13.2. The molecule has 0 bridgehead atoms. The highest BCUT2D eigenvalue weighted by molar-refractivity contribution is 7.90. The maximum atomic E-state index is 12.3. The number of nitrogens with zero attached hydrogens (tertiary/aromatic N) is 1. The van der Waals surface area contributed by atoms with Crippen molar-refractivity contribution in [1.82, 2.24) is 4.90 Å². The van der Waals surface area contributed by atoms with E-state index in [1.165, 1.54) is 12.7 Å². The van der Waals surface area contributed by atoms with Gasteiger partial charge in [0.05, 0.1) is 11.8 Å². The number of hydrogen-bond acceptors (Lipinski definition) is 4. The number of carbonyl (C=O) groups is 1. The topological polar surface area (TPSA) is 80.5 Å². The minimum Gasteiger partial charge on any atom is -0.341 e. The molecule has 0 saturated carbocycles. The zero-order valence-corrected chi connectivity index (χ0v) is 14.9. The van der Waals surface area contributed by atoms with Crippen LogP contribution in [0, 0.1) is 11.8 Å². The van der Waals surface area contributed by atoms with Gasteiger partial charge in [0.15, 0.2) is 0 Å². The molecule has 1 saturated heterocycles. The smallest absolute Gasteiger partial charge is 0.239 e. The van der Waals surface area contributed by atoms with Gasteiger partial charge in [-0.3, -0.25) is 4.79 Å². The van der Waals surface area contributed by atoms with E-state index in [9.17, 15) is 13.2 Å². The van der Waals surface area contributed by atoms with Crippen LogP contribution in [-0.4, -0.2) is 50.4 Å². The molecule has 0 aromatic rings. The number of likely N-dealkylation sites (tertiary alicyclic amines) is 1. The molecule has 0 aromatic heterocycles. The third-order valence-corrected chi connectivity index (χ3v) is 4.73. The lowest BCUT2D eigenvalue weighted by atomic mass is 9.89. The minimum atomic E-state index is -3.06. The van der Waals surface area contributed by atoms with E-state index in [0.717, 1.165) is 25.9 Å². The molecular formula is C14H29ClN2O3S. The van der Waals surface area contributed by atoms with Crippen LogP contribution < -0.4 is 5.73 Å². The SMILES string of the molecule is CC(C)CC1CCCN(C(=O)C(N)CCS(C)(=O)=O)C1.Cl. The molecular weight excluding hydrogens is 312 g/mol. The van der Waals surface area contributed by atoms with E-state index in [1.807, 2.05) is 4.90 Å². The normalized spacial score (nSPS) is 21.0. The third kappa shape index (κ3) is 8.02. The molecule has 0 spiro atoms. The van der Waals surface area contributed by atoms with Gasteiger partial charge in [-0.05, 0) is 37.5 Å². The lowest BCUT2D eigenvalue weighted by molar-refractivity contribution is -0.134. The summed E-state index contributed by atoms with van der Waals surface area (Å²) in [5.74, 6) is 1.06. The van der Waals surface area contributed by atoms with Crippen LogP contribution in [0.2, 0.25) is 0 Å². The van der Waals surface area contributed by atoms with Crippen molar-refractivity contribution in [3.05, 3.63) is 0 Å². The summed E-state index contributed by atoms with van der Waals surface area (Å²) in [6, 6.07) is -0.692. The summed E-state index contributed by atoms with van der Waals surface area (Å²) in [5.41, 5.74) is 5.85.